The van der Waals surface area contributed by atoms with Gasteiger partial charge in [0.15, 0.2) is 0 Å². The molecular formula is C17H23N3O3S2. The normalized spacial score (nSPS) is 16.0. The van der Waals surface area contributed by atoms with Gasteiger partial charge in [0.25, 0.3) is 15.6 Å². The summed E-state index contributed by atoms with van der Waals surface area (Å²) in [6.45, 7) is 9.10. The van der Waals surface area contributed by atoms with E-state index in [1.807, 2.05) is 13.0 Å². The molecule has 2 aromatic heterocycles. The molecule has 0 radical (unpaired) electrons. The Bertz CT molecular complexity index is 952. The van der Waals surface area contributed by atoms with Gasteiger partial charge in [0.05, 0.1) is 18.6 Å². The summed E-state index contributed by atoms with van der Waals surface area (Å²) in [4.78, 5) is 17.7. The second-order valence-electron chi connectivity index (χ2n) is 7.22. The lowest BCUT2D eigenvalue weighted by molar-refractivity contribution is 0.382. The Hall–Kier alpha value is -1.51. The summed E-state index contributed by atoms with van der Waals surface area (Å²) in [5.41, 5.74) is 1.06. The Morgan fingerprint density at radius 2 is 2.00 bits per heavy atom. The number of hydrogen-bond donors (Lipinski definition) is 0. The first-order valence-electron chi connectivity index (χ1n) is 8.32. The summed E-state index contributed by atoms with van der Waals surface area (Å²) in [6, 6.07) is 3.56. The van der Waals surface area contributed by atoms with E-state index in [9.17, 15) is 13.2 Å². The average Bonchev–Trinajstić information content (AvgIpc) is 3.06. The summed E-state index contributed by atoms with van der Waals surface area (Å²) >= 11 is 1.32. The smallest absolute Gasteiger partial charge is 0.256 e. The van der Waals surface area contributed by atoms with Crippen LogP contribution in [0, 0.1) is 0 Å². The minimum absolute atomic E-state index is 0.0595. The molecule has 0 bridgehead atoms. The molecule has 0 amide bonds. The van der Waals surface area contributed by atoms with Crippen molar-refractivity contribution in [2.45, 2.75) is 56.8 Å². The van der Waals surface area contributed by atoms with E-state index in [0.29, 0.717) is 35.0 Å². The van der Waals surface area contributed by atoms with Crippen molar-refractivity contribution >= 4 is 21.4 Å². The molecule has 25 heavy (non-hydrogen) atoms. The van der Waals surface area contributed by atoms with Gasteiger partial charge in [0.2, 0.25) is 0 Å². The van der Waals surface area contributed by atoms with E-state index in [-0.39, 0.29) is 17.5 Å². The van der Waals surface area contributed by atoms with Crippen LogP contribution in [-0.2, 0) is 34.9 Å². The van der Waals surface area contributed by atoms with E-state index in [0.717, 1.165) is 4.88 Å². The molecule has 0 saturated carbocycles. The maximum Gasteiger partial charge on any atom is 0.256 e. The molecule has 3 heterocycles. The Balaban J connectivity index is 1.92. The number of aromatic nitrogens is 2. The molecule has 1 aliphatic heterocycles. The lowest BCUT2D eigenvalue weighted by Gasteiger charge is -2.26. The third kappa shape index (κ3) is 3.30. The van der Waals surface area contributed by atoms with Crippen LogP contribution in [0.25, 0.3) is 0 Å². The molecule has 136 valence electrons. The number of aryl methyl sites for hydroxylation is 1. The van der Waals surface area contributed by atoms with Crippen molar-refractivity contribution in [3.05, 3.63) is 44.9 Å². The van der Waals surface area contributed by atoms with Crippen LogP contribution in [0.5, 0.6) is 0 Å². The Morgan fingerprint density at radius 1 is 1.28 bits per heavy atom. The zero-order chi connectivity index (χ0) is 18.4. The number of hydrogen-bond acceptors (Lipinski definition) is 5. The van der Waals surface area contributed by atoms with Gasteiger partial charge >= 0.3 is 0 Å². The molecule has 0 N–H and O–H groups in total. The lowest BCUT2D eigenvalue weighted by atomic mass is 9.95. The Labute approximate surface area is 152 Å². The quantitative estimate of drug-likeness (QED) is 0.818. The van der Waals surface area contributed by atoms with Gasteiger partial charge in [0, 0.05) is 23.5 Å². The van der Waals surface area contributed by atoms with Crippen LogP contribution < -0.4 is 5.56 Å². The predicted molar refractivity (Wildman–Crippen MR) is 98.5 cm³/mol. The van der Waals surface area contributed by atoms with Crippen molar-refractivity contribution in [3.63, 3.8) is 0 Å². The minimum Gasteiger partial charge on any atom is -0.299 e. The number of fused-ring (bicyclic) bond motifs is 1. The van der Waals surface area contributed by atoms with E-state index in [2.05, 4.69) is 25.8 Å². The maximum atomic E-state index is 13.0. The second kappa shape index (κ2) is 6.34. The van der Waals surface area contributed by atoms with Crippen molar-refractivity contribution in [2.75, 3.05) is 6.54 Å². The second-order valence-corrected chi connectivity index (χ2v) is 10.5. The fourth-order valence-corrected chi connectivity index (χ4v) is 5.78. The third-order valence-corrected chi connectivity index (χ3v) is 8.24. The Morgan fingerprint density at radius 3 is 2.60 bits per heavy atom. The molecule has 0 fully saturated rings. The number of thiophene rings is 1. The van der Waals surface area contributed by atoms with Gasteiger partial charge in [-0.3, -0.25) is 9.36 Å². The standard InChI is InChI=1S/C17H23N3O3S2/c1-5-19-11-18-13-10-20(9-8-12(13)16(19)21)25(22,23)15-7-6-14(24-15)17(2,3)4/h6-7,11H,5,8-10H2,1-4H3. The lowest BCUT2D eigenvalue weighted by Crippen LogP contribution is -2.40. The van der Waals surface area contributed by atoms with Gasteiger partial charge in [-0.15, -0.1) is 11.3 Å². The predicted octanol–water partition coefficient (Wildman–Crippen LogP) is 2.37. The average molecular weight is 382 g/mol. The van der Waals surface area contributed by atoms with Crippen LogP contribution in [0.3, 0.4) is 0 Å². The summed E-state index contributed by atoms with van der Waals surface area (Å²) < 4.78 is 29.3. The molecule has 6 nitrogen and oxygen atoms in total. The van der Waals surface area contributed by atoms with Gasteiger partial charge in [-0.2, -0.15) is 4.31 Å². The zero-order valence-corrected chi connectivity index (χ0v) is 16.6. The van der Waals surface area contributed by atoms with Gasteiger partial charge in [-0.25, -0.2) is 13.4 Å². The molecule has 0 aromatic carbocycles. The van der Waals surface area contributed by atoms with E-state index in [1.54, 1.807) is 10.6 Å². The van der Waals surface area contributed by atoms with Crippen LogP contribution in [0.1, 0.15) is 43.8 Å². The summed E-state index contributed by atoms with van der Waals surface area (Å²) in [7, 11) is -3.57. The van der Waals surface area contributed by atoms with Crippen LogP contribution in [0.2, 0.25) is 0 Å². The topological polar surface area (TPSA) is 72.3 Å². The monoisotopic (exact) mass is 381 g/mol. The maximum absolute atomic E-state index is 13.0. The largest absolute Gasteiger partial charge is 0.299 e. The molecule has 0 atom stereocenters. The van der Waals surface area contributed by atoms with Crippen LogP contribution in [0.15, 0.2) is 27.5 Å². The molecule has 0 aliphatic carbocycles. The fraction of sp³-hybridized carbons (Fsp3) is 0.529. The molecule has 1 aliphatic rings. The summed E-state index contributed by atoms with van der Waals surface area (Å²) in [5, 5.41) is 0. The third-order valence-electron chi connectivity index (χ3n) is 4.41. The zero-order valence-electron chi connectivity index (χ0n) is 14.9. The molecule has 2 aromatic rings. The molecule has 0 saturated heterocycles. The summed E-state index contributed by atoms with van der Waals surface area (Å²) in [5.74, 6) is 0. The minimum atomic E-state index is -3.57. The van der Waals surface area contributed by atoms with Crippen molar-refractivity contribution in [2.24, 2.45) is 0 Å². The number of rotatable bonds is 3. The summed E-state index contributed by atoms with van der Waals surface area (Å²) in [6.07, 6.45) is 1.90. The van der Waals surface area contributed by atoms with Crippen molar-refractivity contribution in [3.8, 4) is 0 Å². The van der Waals surface area contributed by atoms with Crippen molar-refractivity contribution in [1.82, 2.24) is 13.9 Å². The van der Waals surface area contributed by atoms with Crippen LogP contribution >= 0.6 is 11.3 Å². The molecule has 3 rings (SSSR count). The van der Waals surface area contributed by atoms with Crippen molar-refractivity contribution in [1.29, 1.82) is 0 Å². The van der Waals surface area contributed by atoms with Crippen molar-refractivity contribution < 1.29 is 8.42 Å². The van der Waals surface area contributed by atoms with Crippen LogP contribution in [-0.4, -0.2) is 28.8 Å². The van der Waals surface area contributed by atoms with E-state index in [1.165, 1.54) is 22.0 Å². The first-order valence-corrected chi connectivity index (χ1v) is 10.6. The number of nitrogens with zero attached hydrogens (tertiary/aromatic N) is 3. The van der Waals surface area contributed by atoms with Crippen LogP contribution in [0.4, 0.5) is 0 Å². The van der Waals surface area contributed by atoms with Gasteiger partial charge in [-0.1, -0.05) is 20.8 Å². The first-order chi connectivity index (χ1) is 11.6. The highest BCUT2D eigenvalue weighted by Crippen LogP contribution is 2.34. The molecular weight excluding hydrogens is 358 g/mol. The number of sulfonamides is 1. The molecule has 0 spiro atoms. The van der Waals surface area contributed by atoms with Gasteiger partial charge in [0.1, 0.15) is 4.21 Å². The van der Waals surface area contributed by atoms with Gasteiger partial charge in [-0.05, 0) is 30.9 Å². The van der Waals surface area contributed by atoms with Gasteiger partial charge < -0.3 is 0 Å². The van der Waals surface area contributed by atoms with E-state index in [4.69, 9.17) is 0 Å². The van der Waals surface area contributed by atoms with E-state index >= 15 is 0 Å². The first kappa shape index (κ1) is 18.3. The highest BCUT2D eigenvalue weighted by atomic mass is 32.2. The Kier molecular flexibility index (Phi) is 4.63. The molecule has 8 heteroatoms. The fourth-order valence-electron chi connectivity index (χ4n) is 2.86. The highest BCUT2D eigenvalue weighted by Gasteiger charge is 2.32. The molecule has 0 unspecified atom stereocenters. The van der Waals surface area contributed by atoms with E-state index < -0.39 is 10.0 Å². The highest BCUT2D eigenvalue weighted by molar-refractivity contribution is 7.91. The SMILES string of the molecule is CCn1cnc2c(c1=O)CCN(S(=O)(=O)c1ccc(C(C)(C)C)s1)C2.